The maximum absolute atomic E-state index is 12.1. The van der Waals surface area contributed by atoms with Crippen LogP contribution >= 0.6 is 15.9 Å². The molecule has 18 heavy (non-hydrogen) atoms. The van der Waals surface area contributed by atoms with Gasteiger partial charge in [0.2, 0.25) is 0 Å². The highest BCUT2D eigenvalue weighted by Gasteiger charge is 2.33. The predicted octanol–water partition coefficient (Wildman–Crippen LogP) is 4.26. The van der Waals surface area contributed by atoms with Gasteiger partial charge < -0.3 is 4.74 Å². The van der Waals surface area contributed by atoms with Crippen LogP contribution in [0.25, 0.3) is 0 Å². The lowest BCUT2D eigenvalue weighted by atomic mass is 10.1. The highest BCUT2D eigenvalue weighted by atomic mass is 79.9. The monoisotopic (exact) mass is 311 g/mol. The van der Waals surface area contributed by atoms with Crippen molar-refractivity contribution in [1.82, 2.24) is 4.90 Å². The van der Waals surface area contributed by atoms with Gasteiger partial charge in [0.15, 0.2) is 0 Å². The molecule has 0 radical (unpaired) electrons. The number of benzene rings is 1. The van der Waals surface area contributed by atoms with Gasteiger partial charge in [0.1, 0.15) is 5.60 Å². The molecule has 4 heteroatoms. The molecule has 1 aliphatic rings. The molecule has 1 atom stereocenters. The summed E-state index contributed by atoms with van der Waals surface area (Å²) in [6.07, 6.45) is -0.248. The Hall–Kier alpha value is -1.03. The second-order valence-electron chi connectivity index (χ2n) is 5.63. The van der Waals surface area contributed by atoms with Crippen LogP contribution in [0.3, 0.4) is 0 Å². The van der Waals surface area contributed by atoms with Crippen molar-refractivity contribution in [2.24, 2.45) is 0 Å². The minimum Gasteiger partial charge on any atom is -0.444 e. The molecule has 0 N–H and O–H groups in total. The number of nitrogens with zero attached hydrogens (tertiary/aromatic N) is 1. The van der Waals surface area contributed by atoms with Crippen LogP contribution in [0.4, 0.5) is 4.79 Å². The normalized spacial score (nSPS) is 18.7. The Morgan fingerprint density at radius 1 is 1.44 bits per heavy atom. The average molecular weight is 312 g/mol. The van der Waals surface area contributed by atoms with Gasteiger partial charge in [-0.2, -0.15) is 0 Å². The van der Waals surface area contributed by atoms with Crippen LogP contribution in [-0.2, 0) is 11.3 Å². The SMILES string of the molecule is C[C@@H]1c2cc(Br)ccc2CN1C(=O)OC(C)(C)C. The molecule has 0 spiro atoms. The van der Waals surface area contributed by atoms with Gasteiger partial charge in [-0.25, -0.2) is 4.79 Å². The molecule has 1 aliphatic heterocycles. The fraction of sp³-hybridized carbons (Fsp3) is 0.500. The lowest BCUT2D eigenvalue weighted by Crippen LogP contribution is -2.34. The fourth-order valence-electron chi connectivity index (χ4n) is 2.13. The summed E-state index contributed by atoms with van der Waals surface area (Å²) in [5.74, 6) is 0. The van der Waals surface area contributed by atoms with Gasteiger partial charge in [0.05, 0.1) is 6.04 Å². The topological polar surface area (TPSA) is 29.5 Å². The summed E-state index contributed by atoms with van der Waals surface area (Å²) in [4.78, 5) is 13.9. The largest absolute Gasteiger partial charge is 0.444 e. The lowest BCUT2D eigenvalue weighted by molar-refractivity contribution is 0.0187. The van der Waals surface area contributed by atoms with Crippen LogP contribution < -0.4 is 0 Å². The summed E-state index contributed by atoms with van der Waals surface area (Å²) < 4.78 is 6.47. The highest BCUT2D eigenvalue weighted by molar-refractivity contribution is 9.10. The van der Waals surface area contributed by atoms with Gasteiger partial charge in [-0.15, -0.1) is 0 Å². The van der Waals surface area contributed by atoms with Crippen LogP contribution in [0.15, 0.2) is 22.7 Å². The Labute approximate surface area is 116 Å². The third-order valence-electron chi connectivity index (χ3n) is 2.99. The molecule has 98 valence electrons. The minimum atomic E-state index is -0.452. The molecule has 1 amide bonds. The molecular formula is C14H18BrNO2. The van der Waals surface area contributed by atoms with Crippen molar-refractivity contribution < 1.29 is 9.53 Å². The lowest BCUT2D eigenvalue weighted by Gasteiger charge is -2.27. The third kappa shape index (κ3) is 2.69. The van der Waals surface area contributed by atoms with Crippen LogP contribution in [0.1, 0.15) is 44.9 Å². The Bertz CT molecular complexity index is 479. The summed E-state index contributed by atoms with van der Waals surface area (Å²) in [7, 11) is 0. The third-order valence-corrected chi connectivity index (χ3v) is 3.49. The Morgan fingerprint density at radius 2 is 2.11 bits per heavy atom. The maximum atomic E-state index is 12.1. The van der Waals surface area contributed by atoms with Crippen molar-refractivity contribution in [3.63, 3.8) is 0 Å². The van der Waals surface area contributed by atoms with Crippen LogP contribution in [0, 0.1) is 0 Å². The van der Waals surface area contributed by atoms with E-state index in [1.165, 1.54) is 11.1 Å². The number of amides is 1. The molecule has 0 aromatic heterocycles. The molecule has 2 rings (SSSR count). The summed E-state index contributed by atoms with van der Waals surface area (Å²) in [6.45, 7) is 8.31. The Morgan fingerprint density at radius 3 is 2.72 bits per heavy atom. The zero-order chi connectivity index (χ0) is 13.5. The first-order chi connectivity index (χ1) is 8.28. The van der Waals surface area contributed by atoms with E-state index in [0.717, 1.165) is 4.47 Å². The van der Waals surface area contributed by atoms with E-state index in [1.807, 2.05) is 33.8 Å². The van der Waals surface area contributed by atoms with E-state index in [0.29, 0.717) is 6.54 Å². The summed E-state index contributed by atoms with van der Waals surface area (Å²) in [5.41, 5.74) is 1.93. The molecule has 1 aromatic rings. The zero-order valence-electron chi connectivity index (χ0n) is 11.2. The van der Waals surface area contributed by atoms with E-state index in [4.69, 9.17) is 4.74 Å². The Kier molecular flexibility index (Phi) is 3.41. The van der Waals surface area contributed by atoms with Gasteiger partial charge >= 0.3 is 6.09 Å². The van der Waals surface area contributed by atoms with E-state index in [1.54, 1.807) is 4.90 Å². The van der Waals surface area contributed by atoms with E-state index >= 15 is 0 Å². The van der Waals surface area contributed by atoms with E-state index < -0.39 is 5.60 Å². The number of halogens is 1. The van der Waals surface area contributed by atoms with E-state index in [-0.39, 0.29) is 12.1 Å². The number of carbonyl (C=O) groups is 1. The van der Waals surface area contributed by atoms with Crippen molar-refractivity contribution in [3.8, 4) is 0 Å². The molecule has 0 fully saturated rings. The van der Waals surface area contributed by atoms with E-state index in [2.05, 4.69) is 28.1 Å². The zero-order valence-corrected chi connectivity index (χ0v) is 12.7. The van der Waals surface area contributed by atoms with Gasteiger partial charge in [-0.3, -0.25) is 4.90 Å². The van der Waals surface area contributed by atoms with Crippen LogP contribution in [0.5, 0.6) is 0 Å². The number of rotatable bonds is 0. The molecule has 1 aromatic carbocycles. The minimum absolute atomic E-state index is 0.0624. The first-order valence-electron chi connectivity index (χ1n) is 6.06. The predicted molar refractivity (Wildman–Crippen MR) is 74.3 cm³/mol. The number of carbonyl (C=O) groups excluding carboxylic acids is 1. The standard InChI is InChI=1S/C14H18BrNO2/c1-9-12-7-11(15)6-5-10(12)8-16(9)13(17)18-14(2,3)4/h5-7,9H,8H2,1-4H3/t9-/m1/s1. The molecule has 0 unspecified atom stereocenters. The fourth-order valence-corrected chi connectivity index (χ4v) is 2.51. The summed E-state index contributed by atoms with van der Waals surface area (Å²) in [6, 6.07) is 6.20. The summed E-state index contributed by atoms with van der Waals surface area (Å²) in [5, 5.41) is 0. The van der Waals surface area contributed by atoms with E-state index in [9.17, 15) is 4.79 Å². The molecule has 3 nitrogen and oxygen atoms in total. The molecule has 0 aliphatic carbocycles. The van der Waals surface area contributed by atoms with Crippen molar-refractivity contribution in [3.05, 3.63) is 33.8 Å². The smallest absolute Gasteiger partial charge is 0.411 e. The number of fused-ring (bicyclic) bond motifs is 1. The molecule has 1 heterocycles. The molecular weight excluding hydrogens is 294 g/mol. The molecule has 0 saturated heterocycles. The second kappa shape index (κ2) is 4.57. The molecule has 0 bridgehead atoms. The number of hydrogen-bond donors (Lipinski definition) is 0. The maximum Gasteiger partial charge on any atom is 0.411 e. The Balaban J connectivity index is 2.19. The first-order valence-corrected chi connectivity index (χ1v) is 6.85. The number of ether oxygens (including phenoxy) is 1. The highest BCUT2D eigenvalue weighted by Crippen LogP contribution is 2.35. The van der Waals surface area contributed by atoms with Gasteiger partial charge in [-0.05, 0) is 51.0 Å². The van der Waals surface area contributed by atoms with Crippen LogP contribution in [0.2, 0.25) is 0 Å². The van der Waals surface area contributed by atoms with Crippen molar-refractivity contribution in [1.29, 1.82) is 0 Å². The number of hydrogen-bond acceptors (Lipinski definition) is 2. The quantitative estimate of drug-likeness (QED) is 0.716. The first kappa shape index (κ1) is 13.4. The summed E-state index contributed by atoms with van der Waals surface area (Å²) >= 11 is 3.46. The second-order valence-corrected chi connectivity index (χ2v) is 6.54. The van der Waals surface area contributed by atoms with Crippen molar-refractivity contribution >= 4 is 22.0 Å². The van der Waals surface area contributed by atoms with Gasteiger partial charge in [-0.1, -0.05) is 22.0 Å². The van der Waals surface area contributed by atoms with Crippen molar-refractivity contribution in [2.45, 2.75) is 45.9 Å². The van der Waals surface area contributed by atoms with Gasteiger partial charge in [0, 0.05) is 11.0 Å². The average Bonchev–Trinajstić information content (AvgIpc) is 2.54. The van der Waals surface area contributed by atoms with Crippen molar-refractivity contribution in [2.75, 3.05) is 0 Å². The van der Waals surface area contributed by atoms with Gasteiger partial charge in [0.25, 0.3) is 0 Å². The molecule has 0 saturated carbocycles. The van der Waals surface area contributed by atoms with Crippen LogP contribution in [-0.4, -0.2) is 16.6 Å².